The second-order valence-electron chi connectivity index (χ2n) is 7.08. The summed E-state index contributed by atoms with van der Waals surface area (Å²) in [6.07, 6.45) is 7.28. The van der Waals surface area contributed by atoms with Crippen LogP contribution in [0.2, 0.25) is 0 Å². The lowest BCUT2D eigenvalue weighted by Gasteiger charge is -2.21. The fourth-order valence-corrected chi connectivity index (χ4v) is 3.51. The fourth-order valence-electron chi connectivity index (χ4n) is 3.51. The molecule has 3 heterocycles. The smallest absolute Gasteiger partial charge is 0.257 e. The van der Waals surface area contributed by atoms with E-state index in [2.05, 4.69) is 20.1 Å². The van der Waals surface area contributed by atoms with Crippen LogP contribution in [0.15, 0.2) is 47.2 Å². The highest BCUT2D eigenvalue weighted by molar-refractivity contribution is 5.94. The van der Waals surface area contributed by atoms with E-state index < -0.39 is 0 Å². The van der Waals surface area contributed by atoms with Crippen LogP contribution in [0.4, 0.5) is 0 Å². The van der Waals surface area contributed by atoms with E-state index in [9.17, 15) is 4.79 Å². The number of likely N-dealkylation sites (tertiary alicyclic amines) is 1. The lowest BCUT2D eigenvalue weighted by molar-refractivity contribution is 0.0709. The van der Waals surface area contributed by atoms with Gasteiger partial charge in [0.1, 0.15) is 11.9 Å². The van der Waals surface area contributed by atoms with Crippen LogP contribution >= 0.6 is 0 Å². The molecule has 1 aliphatic heterocycles. The number of nitrogens with zero attached hydrogens (tertiary/aromatic N) is 5. The Hall–Kier alpha value is -3.09. The molecule has 27 heavy (non-hydrogen) atoms. The number of hydrogen-bond acceptors (Lipinski definition) is 6. The van der Waals surface area contributed by atoms with Gasteiger partial charge in [-0.1, -0.05) is 35.5 Å². The van der Waals surface area contributed by atoms with Gasteiger partial charge in [0.2, 0.25) is 11.7 Å². The summed E-state index contributed by atoms with van der Waals surface area (Å²) in [6.45, 7) is 0.664. The zero-order valence-electron chi connectivity index (χ0n) is 14.8. The monoisotopic (exact) mass is 361 g/mol. The Balaban J connectivity index is 1.37. The maximum Gasteiger partial charge on any atom is 0.257 e. The number of carbonyl (C=O) groups is 1. The second-order valence-corrected chi connectivity index (χ2v) is 7.08. The van der Waals surface area contributed by atoms with E-state index in [1.165, 1.54) is 0 Å². The Bertz CT molecular complexity index is 950. The molecule has 0 unspecified atom stereocenters. The van der Waals surface area contributed by atoms with Crippen molar-refractivity contribution in [1.29, 1.82) is 0 Å². The summed E-state index contributed by atoms with van der Waals surface area (Å²) < 4.78 is 5.49. The van der Waals surface area contributed by atoms with Crippen molar-refractivity contribution >= 4 is 5.91 Å². The molecular weight excluding hydrogens is 342 g/mol. The van der Waals surface area contributed by atoms with Gasteiger partial charge in [-0.2, -0.15) is 4.98 Å². The van der Waals surface area contributed by atoms with Crippen LogP contribution < -0.4 is 0 Å². The first kappa shape index (κ1) is 16.1. The third-order valence-corrected chi connectivity index (χ3v) is 5.13. The number of amides is 1. The number of hydrogen-bond donors (Lipinski definition) is 0. The van der Waals surface area contributed by atoms with Crippen LogP contribution in [0, 0.1) is 0 Å². The average molecular weight is 361 g/mol. The molecule has 1 saturated heterocycles. The predicted molar refractivity (Wildman–Crippen MR) is 96.8 cm³/mol. The van der Waals surface area contributed by atoms with Crippen LogP contribution in [-0.2, 0) is 0 Å². The zero-order chi connectivity index (χ0) is 18.2. The van der Waals surface area contributed by atoms with Crippen molar-refractivity contribution in [3.8, 4) is 11.4 Å². The number of carbonyl (C=O) groups excluding carboxylic acids is 1. The Morgan fingerprint density at radius 1 is 1.07 bits per heavy atom. The first-order chi connectivity index (χ1) is 13.3. The van der Waals surface area contributed by atoms with Crippen molar-refractivity contribution in [3.63, 3.8) is 0 Å². The second kappa shape index (κ2) is 6.57. The van der Waals surface area contributed by atoms with E-state index in [-0.39, 0.29) is 11.9 Å². The number of benzene rings is 1. The van der Waals surface area contributed by atoms with E-state index in [4.69, 9.17) is 4.52 Å². The standard InChI is InChI=1S/C20H19N5O2/c26-20(15-11-21-17(22-12-15)14-8-9-14)25-10-4-7-16(25)19-23-18(24-27-19)13-5-2-1-3-6-13/h1-3,5-6,11-12,14,16H,4,7-10H2/t16-/m1/s1. The molecule has 5 rings (SSSR count). The molecule has 1 amide bonds. The minimum atomic E-state index is -0.203. The Labute approximate surface area is 156 Å². The lowest BCUT2D eigenvalue weighted by Crippen LogP contribution is -2.31. The molecule has 0 spiro atoms. The van der Waals surface area contributed by atoms with Gasteiger partial charge in [0, 0.05) is 30.4 Å². The highest BCUT2D eigenvalue weighted by Gasteiger charge is 2.35. The lowest BCUT2D eigenvalue weighted by atomic mass is 10.2. The third kappa shape index (κ3) is 3.09. The van der Waals surface area contributed by atoms with Crippen molar-refractivity contribution in [2.75, 3.05) is 6.54 Å². The fraction of sp³-hybridized carbons (Fsp3) is 0.350. The van der Waals surface area contributed by atoms with Gasteiger partial charge in [0.25, 0.3) is 5.91 Å². The van der Waals surface area contributed by atoms with Crippen molar-refractivity contribution < 1.29 is 9.32 Å². The number of aromatic nitrogens is 4. The van der Waals surface area contributed by atoms with E-state index in [1.807, 2.05) is 30.3 Å². The molecule has 3 aromatic rings. The first-order valence-corrected chi connectivity index (χ1v) is 9.31. The minimum Gasteiger partial charge on any atom is -0.337 e. The van der Waals surface area contributed by atoms with Crippen LogP contribution in [0.3, 0.4) is 0 Å². The largest absolute Gasteiger partial charge is 0.337 e. The van der Waals surface area contributed by atoms with Gasteiger partial charge in [-0.25, -0.2) is 9.97 Å². The molecule has 7 nitrogen and oxygen atoms in total. The summed E-state index contributed by atoms with van der Waals surface area (Å²) in [7, 11) is 0. The summed E-state index contributed by atoms with van der Waals surface area (Å²) in [4.78, 5) is 28.0. The van der Waals surface area contributed by atoms with Crippen molar-refractivity contribution in [2.24, 2.45) is 0 Å². The molecule has 1 atom stereocenters. The summed E-state index contributed by atoms with van der Waals surface area (Å²) in [5.41, 5.74) is 1.40. The van der Waals surface area contributed by atoms with E-state index >= 15 is 0 Å². The summed E-state index contributed by atoms with van der Waals surface area (Å²) >= 11 is 0. The molecule has 1 aliphatic carbocycles. The summed E-state index contributed by atoms with van der Waals surface area (Å²) in [5.74, 6) is 2.26. The first-order valence-electron chi connectivity index (χ1n) is 9.31. The van der Waals surface area contributed by atoms with Crippen LogP contribution in [0.5, 0.6) is 0 Å². The maximum atomic E-state index is 13.0. The molecule has 1 saturated carbocycles. The highest BCUT2D eigenvalue weighted by Crippen LogP contribution is 2.38. The van der Waals surface area contributed by atoms with Crippen LogP contribution in [0.1, 0.15) is 59.7 Å². The van der Waals surface area contributed by atoms with Gasteiger partial charge in [-0.15, -0.1) is 0 Å². The van der Waals surface area contributed by atoms with E-state index in [1.54, 1.807) is 17.3 Å². The summed E-state index contributed by atoms with van der Waals surface area (Å²) in [5, 5.41) is 4.09. The molecular formula is C20H19N5O2. The van der Waals surface area contributed by atoms with E-state index in [0.717, 1.165) is 37.1 Å². The quantitative estimate of drug-likeness (QED) is 0.708. The summed E-state index contributed by atoms with van der Waals surface area (Å²) in [6, 6.07) is 9.48. The van der Waals surface area contributed by atoms with Gasteiger partial charge in [0.05, 0.1) is 5.56 Å². The van der Waals surface area contributed by atoms with Crippen molar-refractivity contribution in [3.05, 3.63) is 60.0 Å². The van der Waals surface area contributed by atoms with Crippen molar-refractivity contribution in [2.45, 2.75) is 37.6 Å². The molecule has 0 bridgehead atoms. The molecule has 7 heteroatoms. The predicted octanol–water partition coefficient (Wildman–Crippen LogP) is 3.38. The highest BCUT2D eigenvalue weighted by atomic mass is 16.5. The van der Waals surface area contributed by atoms with Gasteiger partial charge < -0.3 is 9.42 Å². The molecule has 1 aromatic carbocycles. The van der Waals surface area contributed by atoms with Crippen molar-refractivity contribution in [1.82, 2.24) is 25.0 Å². The zero-order valence-corrected chi connectivity index (χ0v) is 14.8. The van der Waals surface area contributed by atoms with Gasteiger partial charge in [-0.05, 0) is 25.7 Å². The van der Waals surface area contributed by atoms with Gasteiger partial charge >= 0.3 is 0 Å². The topological polar surface area (TPSA) is 85.0 Å². The van der Waals surface area contributed by atoms with Crippen LogP contribution in [-0.4, -0.2) is 37.5 Å². The van der Waals surface area contributed by atoms with Gasteiger partial charge in [-0.3, -0.25) is 4.79 Å². The third-order valence-electron chi connectivity index (χ3n) is 5.13. The Kier molecular flexibility index (Phi) is 3.92. The van der Waals surface area contributed by atoms with Gasteiger partial charge in [0.15, 0.2) is 0 Å². The average Bonchev–Trinajstić information content (AvgIpc) is 3.26. The minimum absolute atomic E-state index is 0.0840. The van der Waals surface area contributed by atoms with E-state index in [0.29, 0.717) is 29.7 Å². The molecule has 2 aliphatic rings. The molecule has 136 valence electrons. The Morgan fingerprint density at radius 3 is 2.59 bits per heavy atom. The molecule has 2 fully saturated rings. The molecule has 0 radical (unpaired) electrons. The molecule has 0 N–H and O–H groups in total. The normalized spacial score (nSPS) is 19.4. The SMILES string of the molecule is O=C(c1cnc(C2CC2)nc1)N1CCC[C@@H]1c1nc(-c2ccccc2)no1. The van der Waals surface area contributed by atoms with Crippen LogP contribution in [0.25, 0.3) is 11.4 Å². The Morgan fingerprint density at radius 2 is 1.85 bits per heavy atom. The maximum absolute atomic E-state index is 13.0. The number of rotatable bonds is 4. The molecule has 2 aromatic heterocycles.